The minimum atomic E-state index is -0.579. The second-order valence-electron chi connectivity index (χ2n) is 6.11. The summed E-state index contributed by atoms with van der Waals surface area (Å²) >= 11 is 1.22. The predicted molar refractivity (Wildman–Crippen MR) is 94.8 cm³/mol. The van der Waals surface area contributed by atoms with Crippen LogP contribution in [0.3, 0.4) is 0 Å². The highest BCUT2D eigenvalue weighted by Crippen LogP contribution is 2.26. The Kier molecular flexibility index (Phi) is 4.49. The molecule has 3 heterocycles. The zero-order valence-electron chi connectivity index (χ0n) is 14.2. The number of anilines is 1. The minimum Gasteiger partial charge on any atom is -0.495 e. The molecule has 0 bridgehead atoms. The fraction of sp³-hybridized carbons (Fsp3) is 0.312. The first-order valence-electron chi connectivity index (χ1n) is 7.48. The van der Waals surface area contributed by atoms with Gasteiger partial charge in [-0.3, -0.25) is 10.3 Å². The van der Waals surface area contributed by atoms with Gasteiger partial charge in [0.1, 0.15) is 17.0 Å². The smallest absolute Gasteiger partial charge is 0.413 e. The number of nitrogens with one attached hydrogen (secondary N) is 1. The Hall–Kier alpha value is -2.81. The number of hydrogen-bond acceptors (Lipinski definition) is 8. The maximum atomic E-state index is 11.8. The van der Waals surface area contributed by atoms with Crippen molar-refractivity contribution in [3.8, 4) is 17.1 Å². The summed E-state index contributed by atoms with van der Waals surface area (Å²) in [5.74, 6) is 0.666. The summed E-state index contributed by atoms with van der Waals surface area (Å²) in [6.07, 6.45) is 2.64. The summed E-state index contributed by atoms with van der Waals surface area (Å²) in [6, 6.07) is 3.60. The summed E-state index contributed by atoms with van der Waals surface area (Å²) < 4.78 is 10.3. The summed E-state index contributed by atoms with van der Waals surface area (Å²) in [6.45, 7) is 5.38. The monoisotopic (exact) mass is 359 g/mol. The van der Waals surface area contributed by atoms with Crippen molar-refractivity contribution >= 4 is 33.0 Å². The Morgan fingerprint density at radius 3 is 2.56 bits per heavy atom. The number of hydrogen-bond donors (Lipinski definition) is 1. The lowest BCUT2D eigenvalue weighted by atomic mass is 10.2. The number of methoxy groups -OCH3 is 1. The molecular formula is C16H17N5O3S. The van der Waals surface area contributed by atoms with Crippen LogP contribution in [0, 0.1) is 0 Å². The Morgan fingerprint density at radius 1 is 1.12 bits per heavy atom. The first-order valence-corrected chi connectivity index (χ1v) is 8.30. The Labute approximate surface area is 148 Å². The van der Waals surface area contributed by atoms with Crippen molar-refractivity contribution in [1.29, 1.82) is 0 Å². The molecule has 0 aliphatic heterocycles. The van der Waals surface area contributed by atoms with Crippen LogP contribution in [0.5, 0.6) is 5.75 Å². The topological polar surface area (TPSA) is 99.1 Å². The van der Waals surface area contributed by atoms with Crippen molar-refractivity contribution in [3.05, 3.63) is 24.5 Å². The van der Waals surface area contributed by atoms with Gasteiger partial charge in [0.25, 0.3) is 0 Å². The SMILES string of the molecule is COc1ccc(-c2cnc3nc(NC(=O)OC(C)(C)C)sc3n2)nc1. The number of ether oxygens (including phenoxy) is 2. The normalized spacial score (nSPS) is 11.4. The number of aromatic nitrogens is 4. The summed E-state index contributed by atoms with van der Waals surface area (Å²) in [7, 11) is 1.58. The van der Waals surface area contributed by atoms with Crippen LogP contribution in [0.4, 0.5) is 9.93 Å². The van der Waals surface area contributed by atoms with Crippen LogP contribution in [0.15, 0.2) is 24.5 Å². The highest BCUT2D eigenvalue weighted by Gasteiger charge is 2.18. The lowest BCUT2D eigenvalue weighted by molar-refractivity contribution is 0.0636. The molecule has 0 unspecified atom stereocenters. The van der Waals surface area contributed by atoms with Gasteiger partial charge < -0.3 is 9.47 Å². The van der Waals surface area contributed by atoms with Crippen LogP contribution < -0.4 is 10.1 Å². The van der Waals surface area contributed by atoms with E-state index in [1.54, 1.807) is 52.4 Å². The lowest BCUT2D eigenvalue weighted by Gasteiger charge is -2.18. The standard InChI is InChI=1S/C16H17N5O3S/c1-16(2,3)24-15(22)21-14-20-12-13(25-14)19-11(8-18-12)10-6-5-9(23-4)7-17-10/h5-8H,1-4H3,(H,18,20,21,22). The maximum Gasteiger partial charge on any atom is 0.413 e. The van der Waals surface area contributed by atoms with Crippen LogP contribution >= 0.6 is 11.3 Å². The first-order chi connectivity index (χ1) is 11.8. The molecule has 0 radical (unpaired) electrons. The highest BCUT2D eigenvalue weighted by molar-refractivity contribution is 7.21. The van der Waals surface area contributed by atoms with Gasteiger partial charge in [-0.1, -0.05) is 11.3 Å². The van der Waals surface area contributed by atoms with Crippen LogP contribution in [0.1, 0.15) is 20.8 Å². The van der Waals surface area contributed by atoms with Gasteiger partial charge in [-0.05, 0) is 32.9 Å². The third-order valence-electron chi connectivity index (χ3n) is 2.97. The molecule has 3 aromatic heterocycles. The van der Waals surface area contributed by atoms with Crippen LogP contribution in [-0.2, 0) is 4.74 Å². The summed E-state index contributed by atoms with van der Waals surface area (Å²) in [5, 5.41) is 2.98. The van der Waals surface area contributed by atoms with E-state index in [0.717, 1.165) is 0 Å². The summed E-state index contributed by atoms with van der Waals surface area (Å²) in [4.78, 5) is 29.7. The molecule has 9 heteroatoms. The van der Waals surface area contributed by atoms with E-state index in [9.17, 15) is 4.79 Å². The molecule has 0 saturated carbocycles. The molecule has 0 aliphatic carbocycles. The molecule has 0 aliphatic rings. The number of rotatable bonds is 3. The van der Waals surface area contributed by atoms with Crippen molar-refractivity contribution < 1.29 is 14.3 Å². The van der Waals surface area contributed by atoms with E-state index in [1.165, 1.54) is 11.3 Å². The molecule has 1 N–H and O–H groups in total. The molecule has 0 atom stereocenters. The Morgan fingerprint density at radius 2 is 1.92 bits per heavy atom. The van der Waals surface area contributed by atoms with E-state index in [0.29, 0.717) is 32.7 Å². The van der Waals surface area contributed by atoms with Gasteiger partial charge >= 0.3 is 6.09 Å². The predicted octanol–water partition coefficient (Wildman–Crippen LogP) is 3.50. The van der Waals surface area contributed by atoms with Crippen LogP contribution in [-0.4, -0.2) is 38.7 Å². The Balaban J connectivity index is 1.82. The van der Waals surface area contributed by atoms with Crippen molar-refractivity contribution in [2.45, 2.75) is 26.4 Å². The third kappa shape index (κ3) is 4.18. The molecule has 1 amide bonds. The molecule has 0 spiro atoms. The van der Waals surface area contributed by atoms with E-state index in [4.69, 9.17) is 9.47 Å². The van der Waals surface area contributed by atoms with Gasteiger partial charge in [0.05, 0.1) is 25.2 Å². The molecule has 0 saturated heterocycles. The van der Waals surface area contributed by atoms with Gasteiger partial charge in [0.2, 0.25) is 0 Å². The first kappa shape index (κ1) is 17.0. The van der Waals surface area contributed by atoms with E-state index in [2.05, 4.69) is 25.3 Å². The fourth-order valence-corrected chi connectivity index (χ4v) is 2.73. The van der Waals surface area contributed by atoms with E-state index < -0.39 is 11.7 Å². The molecule has 0 fully saturated rings. The average Bonchev–Trinajstić information content (AvgIpc) is 2.94. The van der Waals surface area contributed by atoms with Crippen molar-refractivity contribution in [1.82, 2.24) is 19.9 Å². The quantitative estimate of drug-likeness (QED) is 0.764. The van der Waals surface area contributed by atoms with Crippen molar-refractivity contribution in [2.75, 3.05) is 12.4 Å². The van der Waals surface area contributed by atoms with Gasteiger partial charge in [-0.15, -0.1) is 0 Å². The van der Waals surface area contributed by atoms with E-state index >= 15 is 0 Å². The number of fused-ring (bicyclic) bond motifs is 1. The molecular weight excluding hydrogens is 342 g/mol. The number of pyridine rings is 1. The lowest BCUT2D eigenvalue weighted by Crippen LogP contribution is -2.27. The second kappa shape index (κ2) is 6.60. The number of amides is 1. The number of nitrogens with zero attached hydrogens (tertiary/aromatic N) is 4. The summed E-state index contributed by atoms with van der Waals surface area (Å²) in [5.41, 5.74) is 1.16. The molecule has 8 nitrogen and oxygen atoms in total. The van der Waals surface area contributed by atoms with Gasteiger partial charge in [-0.25, -0.2) is 14.8 Å². The minimum absolute atomic E-state index is 0.379. The van der Waals surface area contributed by atoms with E-state index in [-0.39, 0.29) is 0 Å². The fourth-order valence-electron chi connectivity index (χ4n) is 1.94. The zero-order valence-corrected chi connectivity index (χ0v) is 15.0. The molecule has 0 aromatic carbocycles. The molecule has 3 rings (SSSR count). The average molecular weight is 359 g/mol. The van der Waals surface area contributed by atoms with Crippen LogP contribution in [0.25, 0.3) is 21.9 Å². The maximum absolute atomic E-state index is 11.8. The largest absolute Gasteiger partial charge is 0.495 e. The molecule has 130 valence electrons. The molecule has 3 aromatic rings. The zero-order chi connectivity index (χ0) is 18.0. The van der Waals surface area contributed by atoms with Gasteiger partial charge in [-0.2, -0.15) is 4.98 Å². The van der Waals surface area contributed by atoms with Crippen molar-refractivity contribution in [3.63, 3.8) is 0 Å². The second-order valence-corrected chi connectivity index (χ2v) is 7.09. The van der Waals surface area contributed by atoms with E-state index in [1.807, 2.05) is 0 Å². The number of carbonyl (C=O) groups excluding carboxylic acids is 1. The Bertz CT molecular complexity index is 902. The third-order valence-corrected chi connectivity index (χ3v) is 3.82. The van der Waals surface area contributed by atoms with Gasteiger partial charge in [0.15, 0.2) is 15.6 Å². The number of thiazole rings is 1. The molecule has 25 heavy (non-hydrogen) atoms. The van der Waals surface area contributed by atoms with Gasteiger partial charge in [0, 0.05) is 0 Å². The number of carbonyl (C=O) groups is 1. The van der Waals surface area contributed by atoms with Crippen molar-refractivity contribution in [2.24, 2.45) is 0 Å². The highest BCUT2D eigenvalue weighted by atomic mass is 32.1. The van der Waals surface area contributed by atoms with Crippen LogP contribution in [0.2, 0.25) is 0 Å².